The Morgan fingerprint density at radius 3 is 2.45 bits per heavy atom. The summed E-state index contributed by atoms with van der Waals surface area (Å²) in [6.45, 7) is 7.53. The fourth-order valence-corrected chi connectivity index (χ4v) is 7.59. The van der Waals surface area contributed by atoms with Gasteiger partial charge in [-0.1, -0.05) is 11.2 Å². The number of alkyl halides is 3. The molecule has 3 fully saturated rings. The lowest BCUT2D eigenvalue weighted by molar-refractivity contribution is -0.182. The number of halogens is 4. The van der Waals surface area contributed by atoms with Crippen LogP contribution in [-0.2, 0) is 16.8 Å². The van der Waals surface area contributed by atoms with Gasteiger partial charge in [0.25, 0.3) is 5.91 Å². The molecule has 1 aromatic carbocycles. The van der Waals surface area contributed by atoms with Crippen molar-refractivity contribution in [3.8, 4) is 22.9 Å². The van der Waals surface area contributed by atoms with E-state index in [1.807, 2.05) is 6.07 Å². The number of nitrogens with one attached hydrogen (secondary N) is 3. The van der Waals surface area contributed by atoms with Crippen molar-refractivity contribution in [1.29, 1.82) is 0 Å². The first-order chi connectivity index (χ1) is 27.5. The fourth-order valence-electron chi connectivity index (χ4n) is 7.59. The van der Waals surface area contributed by atoms with Crippen molar-refractivity contribution in [2.24, 2.45) is 5.41 Å². The van der Waals surface area contributed by atoms with Crippen molar-refractivity contribution in [1.82, 2.24) is 55.8 Å². The van der Waals surface area contributed by atoms with E-state index < -0.39 is 35.2 Å². The van der Waals surface area contributed by atoms with Crippen molar-refractivity contribution < 1.29 is 36.5 Å². The number of hydrogen-bond donors (Lipinski definition) is 3. The molecule has 1 spiro atoms. The van der Waals surface area contributed by atoms with Gasteiger partial charge in [-0.2, -0.15) is 18.3 Å². The van der Waals surface area contributed by atoms with Crippen LogP contribution < -0.4 is 15.5 Å². The summed E-state index contributed by atoms with van der Waals surface area (Å²) in [5.41, 5.74) is 1.29. The van der Waals surface area contributed by atoms with Crippen molar-refractivity contribution in [3.63, 3.8) is 0 Å². The van der Waals surface area contributed by atoms with Crippen LogP contribution in [0.3, 0.4) is 0 Å². The topological polar surface area (TPSA) is 201 Å². The van der Waals surface area contributed by atoms with Gasteiger partial charge in [0.15, 0.2) is 23.2 Å². The van der Waals surface area contributed by atoms with Crippen molar-refractivity contribution in [2.45, 2.75) is 77.1 Å². The highest BCUT2D eigenvalue weighted by atomic mass is 19.4. The minimum atomic E-state index is -4.56. The highest BCUT2D eigenvalue weighted by Gasteiger charge is 2.54. The van der Waals surface area contributed by atoms with E-state index in [9.17, 15) is 27.6 Å². The molecule has 1 unspecified atom stereocenters. The van der Waals surface area contributed by atoms with Crippen molar-refractivity contribution >= 4 is 23.5 Å². The van der Waals surface area contributed by atoms with Crippen LogP contribution in [0.25, 0.3) is 22.9 Å². The fraction of sp³-hybridized carbons (Fsp3) is 0.421. The zero-order valence-corrected chi connectivity index (χ0v) is 31.8. The lowest BCUT2D eigenvalue weighted by Gasteiger charge is -2.61. The second-order valence-corrected chi connectivity index (χ2v) is 15.7. The number of aryl methyl sites for hydroxylation is 1. The Hall–Kier alpha value is -6.18. The minimum Gasteiger partial charge on any atom is -0.350 e. The number of rotatable bonds is 10. The van der Waals surface area contributed by atoms with Crippen LogP contribution >= 0.6 is 0 Å². The van der Waals surface area contributed by atoms with Gasteiger partial charge in [-0.05, 0) is 69.6 Å². The molecule has 3 N–H and O–H groups in total. The molecule has 1 saturated carbocycles. The second kappa shape index (κ2) is 14.3. The lowest BCUT2D eigenvalue weighted by atomic mass is 9.56. The number of urea groups is 1. The Bertz CT molecular complexity index is 2400. The van der Waals surface area contributed by atoms with Gasteiger partial charge in [-0.3, -0.25) is 29.8 Å². The van der Waals surface area contributed by atoms with E-state index in [4.69, 9.17) is 4.52 Å². The molecule has 16 nitrogen and oxygen atoms in total. The minimum absolute atomic E-state index is 0.0322. The number of hydrogen-bond acceptors (Lipinski definition) is 12. The van der Waals surface area contributed by atoms with Gasteiger partial charge in [0.05, 0.1) is 23.5 Å². The zero-order chi connectivity index (χ0) is 41.1. The van der Waals surface area contributed by atoms with Crippen LogP contribution in [0.1, 0.15) is 91.0 Å². The maximum atomic E-state index is 15.1. The Morgan fingerprint density at radius 1 is 1.05 bits per heavy atom. The van der Waals surface area contributed by atoms with Crippen LogP contribution in [0.2, 0.25) is 0 Å². The molecule has 2 aliphatic heterocycles. The number of likely N-dealkylation sites (tertiary alicyclic amines) is 1. The third-order valence-corrected chi connectivity index (χ3v) is 11.3. The highest BCUT2D eigenvalue weighted by Crippen LogP contribution is 2.57. The summed E-state index contributed by atoms with van der Waals surface area (Å²) >= 11 is 0. The number of aromatic nitrogens is 8. The summed E-state index contributed by atoms with van der Waals surface area (Å²) in [5.74, 6) is -1.23. The highest BCUT2D eigenvalue weighted by molar-refractivity contribution is 6.05. The van der Waals surface area contributed by atoms with Gasteiger partial charge < -0.3 is 9.84 Å². The first-order valence-electron chi connectivity index (χ1n) is 18.5. The first kappa shape index (κ1) is 38.7. The summed E-state index contributed by atoms with van der Waals surface area (Å²) in [4.78, 5) is 61.9. The molecular formula is C38H38F4N12O4. The van der Waals surface area contributed by atoms with Gasteiger partial charge in [0.2, 0.25) is 11.7 Å². The lowest BCUT2D eigenvalue weighted by Crippen LogP contribution is -2.61. The van der Waals surface area contributed by atoms with Gasteiger partial charge >= 0.3 is 12.2 Å². The van der Waals surface area contributed by atoms with E-state index in [1.165, 1.54) is 17.0 Å². The largest absolute Gasteiger partial charge is 0.401 e. The molecule has 3 aliphatic rings. The summed E-state index contributed by atoms with van der Waals surface area (Å²) in [5, 5.41) is 14.7. The molecule has 4 aromatic heterocycles. The number of carbonyl (C=O) groups excluding carboxylic acids is 3. The molecule has 4 amide bonds. The third kappa shape index (κ3) is 7.16. The van der Waals surface area contributed by atoms with E-state index in [0.717, 1.165) is 50.9 Å². The Morgan fingerprint density at radius 2 is 1.78 bits per heavy atom. The molecule has 6 heterocycles. The van der Waals surface area contributed by atoms with Crippen molar-refractivity contribution in [3.05, 3.63) is 82.9 Å². The number of carbonyl (C=O) groups is 3. The number of amides is 4. The van der Waals surface area contributed by atoms with Crippen LogP contribution in [0.15, 0.2) is 47.4 Å². The Kier molecular flexibility index (Phi) is 9.56. The third-order valence-electron chi connectivity index (χ3n) is 11.3. The molecule has 1 aliphatic carbocycles. The molecule has 1 atom stereocenters. The van der Waals surface area contributed by atoms with Crippen LogP contribution in [0, 0.1) is 18.2 Å². The molecule has 2 saturated heterocycles. The van der Waals surface area contributed by atoms with E-state index >= 15 is 4.39 Å². The SMILES string of the molecule is Cc1nc(-c2cc(C(=O)NCc3nc(C(C)(C)C(F)(F)F)n[nH]3)on2)ncc1-c1ncc(C(C)N2CC3(CC(c4ccc(N5CCC(=O)NC5=O)c(F)c4)C3)C2)cn1. The molecule has 20 heteroatoms. The van der Waals surface area contributed by atoms with E-state index in [0.29, 0.717) is 17.1 Å². The van der Waals surface area contributed by atoms with E-state index in [1.54, 1.807) is 31.6 Å². The standard InChI is InChI=1S/C38H38F4N12O4/c1-19-24(15-45-32(47-19)26-10-28(58-52-26)33(56)46-16-29-48-34(51-50-29)36(3,4)38(40,41)42)31-43-13-23(14-44-31)20(2)53-17-37(18-53)11-22(12-37)21-5-6-27(25(39)9-21)54-8-7-30(55)49-35(54)57/h5-6,9-10,13-15,20,22H,7-8,11-12,16-18H2,1-4H3,(H,46,56)(H,48,50,51)(H,49,55,57). The van der Waals surface area contributed by atoms with Gasteiger partial charge in [0.1, 0.15) is 17.1 Å². The number of H-pyrrole nitrogens is 1. The number of imide groups is 1. The molecule has 0 bridgehead atoms. The molecule has 8 rings (SSSR count). The average molecular weight is 803 g/mol. The molecule has 302 valence electrons. The predicted molar refractivity (Wildman–Crippen MR) is 196 cm³/mol. The summed E-state index contributed by atoms with van der Waals surface area (Å²) in [6, 6.07) is 5.82. The van der Waals surface area contributed by atoms with E-state index in [2.05, 4.69) is 62.7 Å². The van der Waals surface area contributed by atoms with Crippen LogP contribution in [0.5, 0.6) is 0 Å². The Labute approximate surface area is 328 Å². The zero-order valence-electron chi connectivity index (χ0n) is 31.8. The monoisotopic (exact) mass is 802 g/mol. The summed E-state index contributed by atoms with van der Waals surface area (Å²) < 4.78 is 60.2. The maximum Gasteiger partial charge on any atom is 0.401 e. The molecular weight excluding hydrogens is 764 g/mol. The maximum absolute atomic E-state index is 15.1. The van der Waals surface area contributed by atoms with Crippen LogP contribution in [0.4, 0.5) is 28.0 Å². The Balaban J connectivity index is 0.830. The molecule has 0 radical (unpaired) electrons. The number of benzene rings is 1. The average Bonchev–Trinajstić information content (AvgIpc) is 3.84. The molecule has 58 heavy (non-hydrogen) atoms. The van der Waals surface area contributed by atoms with Crippen molar-refractivity contribution in [2.75, 3.05) is 24.5 Å². The number of aromatic amines is 1. The quantitative estimate of drug-likeness (QED) is 0.154. The first-order valence-corrected chi connectivity index (χ1v) is 18.5. The number of anilines is 1. The molecule has 5 aromatic rings. The van der Waals surface area contributed by atoms with Crippen LogP contribution in [-0.4, -0.2) is 88.8 Å². The smallest absolute Gasteiger partial charge is 0.350 e. The van der Waals surface area contributed by atoms with Gasteiger partial charge in [0, 0.05) is 62.3 Å². The van der Waals surface area contributed by atoms with Gasteiger partial charge in [-0.25, -0.2) is 34.1 Å². The second-order valence-electron chi connectivity index (χ2n) is 15.7. The normalized spacial score (nSPS) is 17.8. The van der Waals surface area contributed by atoms with Gasteiger partial charge in [-0.15, -0.1) is 0 Å². The summed E-state index contributed by atoms with van der Waals surface area (Å²) in [6.07, 6.45) is 2.60. The predicted octanol–water partition coefficient (Wildman–Crippen LogP) is 5.31. The number of nitrogens with zero attached hydrogens (tertiary/aromatic N) is 9. The summed E-state index contributed by atoms with van der Waals surface area (Å²) in [7, 11) is 0. The van der Waals surface area contributed by atoms with E-state index in [-0.39, 0.29) is 71.6 Å².